The van der Waals surface area contributed by atoms with E-state index in [9.17, 15) is 4.79 Å². The van der Waals surface area contributed by atoms with E-state index in [2.05, 4.69) is 10.3 Å². The Hall–Kier alpha value is -1.37. The van der Waals surface area contributed by atoms with Gasteiger partial charge in [0.1, 0.15) is 0 Å². The van der Waals surface area contributed by atoms with Crippen LogP contribution in [0.3, 0.4) is 0 Å². The van der Waals surface area contributed by atoms with Gasteiger partial charge in [0.15, 0.2) is 0 Å². The Morgan fingerprint density at radius 3 is 2.36 bits per heavy atom. The second-order valence-electron chi connectivity index (χ2n) is 6.74. The van der Waals surface area contributed by atoms with E-state index >= 15 is 0 Å². The maximum atomic E-state index is 11.3. The van der Waals surface area contributed by atoms with Gasteiger partial charge in [0.25, 0.3) is 0 Å². The van der Waals surface area contributed by atoms with Gasteiger partial charge in [-0.05, 0) is 58.8 Å². The Labute approximate surface area is 132 Å². The van der Waals surface area contributed by atoms with Gasteiger partial charge < -0.3 is 19.6 Å². The van der Waals surface area contributed by atoms with Gasteiger partial charge in [0.05, 0.1) is 11.2 Å². The van der Waals surface area contributed by atoms with Crippen molar-refractivity contribution in [3.05, 3.63) is 39.2 Å². The molecule has 0 aromatic carbocycles. The molecule has 22 heavy (non-hydrogen) atoms. The smallest absolute Gasteiger partial charge is 0.400 e. The molecule has 1 aromatic rings. The Bertz CT molecular complexity index is 619. The number of aromatic amines is 1. The Morgan fingerprint density at radius 2 is 1.86 bits per heavy atom. The van der Waals surface area contributed by atoms with Crippen molar-refractivity contribution < 1.29 is 9.31 Å². The van der Waals surface area contributed by atoms with Crippen LogP contribution in [0.4, 0.5) is 0 Å². The predicted octanol–water partition coefficient (Wildman–Crippen LogP) is 1.92. The lowest BCUT2D eigenvalue weighted by Gasteiger charge is -2.32. The van der Waals surface area contributed by atoms with Crippen molar-refractivity contribution in [1.82, 2.24) is 10.3 Å². The van der Waals surface area contributed by atoms with E-state index in [-0.39, 0.29) is 16.8 Å². The molecule has 2 N–H and O–H groups in total. The number of hydrogen-bond donors (Lipinski definition) is 2. The molecule has 0 bridgehead atoms. The molecular weight excluding hydrogens is 279 g/mol. The van der Waals surface area contributed by atoms with Crippen molar-refractivity contribution in [3.63, 3.8) is 0 Å². The molecule has 1 aliphatic heterocycles. The van der Waals surface area contributed by atoms with Crippen LogP contribution in [-0.4, -0.2) is 36.9 Å². The van der Waals surface area contributed by atoms with E-state index in [1.165, 1.54) is 6.07 Å². The third kappa shape index (κ3) is 3.34. The van der Waals surface area contributed by atoms with E-state index in [1.807, 2.05) is 53.8 Å². The summed E-state index contributed by atoms with van der Waals surface area (Å²) in [6, 6.07) is 3.34. The highest BCUT2D eigenvalue weighted by Gasteiger charge is 2.52. The van der Waals surface area contributed by atoms with Gasteiger partial charge in [0.2, 0.25) is 5.56 Å². The monoisotopic (exact) mass is 304 g/mol. The summed E-state index contributed by atoms with van der Waals surface area (Å²) in [5.41, 5.74) is 1.95. The van der Waals surface area contributed by atoms with Gasteiger partial charge in [0, 0.05) is 18.3 Å². The highest BCUT2D eigenvalue weighted by molar-refractivity contribution is 6.55. The largest absolute Gasteiger partial charge is 0.491 e. The lowest BCUT2D eigenvalue weighted by Crippen LogP contribution is -2.41. The Kier molecular flexibility index (Phi) is 4.66. The number of aromatic nitrogens is 1. The number of nitrogens with one attached hydrogen (secondary N) is 2. The van der Waals surface area contributed by atoms with Crippen LogP contribution in [0.1, 0.15) is 39.0 Å². The number of likely N-dealkylation sites (N-methyl/N-ethyl adjacent to an activating group) is 1. The normalized spacial score (nSPS) is 20.5. The fourth-order valence-electron chi connectivity index (χ4n) is 2.35. The fraction of sp³-hybridized carbons (Fsp3) is 0.562. The summed E-state index contributed by atoms with van der Waals surface area (Å²) in [6.07, 6.45) is 2.02. The number of hydrogen-bond acceptors (Lipinski definition) is 4. The minimum atomic E-state index is -0.399. The van der Waals surface area contributed by atoms with Crippen molar-refractivity contribution in [2.75, 3.05) is 13.6 Å². The zero-order valence-electron chi connectivity index (χ0n) is 14.2. The van der Waals surface area contributed by atoms with Crippen molar-refractivity contribution in [2.45, 2.75) is 45.8 Å². The van der Waals surface area contributed by atoms with E-state index in [4.69, 9.17) is 9.31 Å². The molecule has 5 nitrogen and oxygen atoms in total. The van der Waals surface area contributed by atoms with Crippen molar-refractivity contribution in [2.24, 2.45) is 0 Å². The summed E-state index contributed by atoms with van der Waals surface area (Å²) >= 11 is 0. The molecule has 0 saturated carbocycles. The van der Waals surface area contributed by atoms with Gasteiger partial charge >= 0.3 is 7.12 Å². The summed E-state index contributed by atoms with van der Waals surface area (Å²) in [5, 5.41) is 3.15. The zero-order chi connectivity index (χ0) is 16.5. The van der Waals surface area contributed by atoms with Crippen LogP contribution in [-0.2, 0) is 9.31 Å². The minimum absolute atomic E-state index is 0.0968. The summed E-state index contributed by atoms with van der Waals surface area (Å²) in [4.78, 5) is 14.1. The molecule has 1 aliphatic rings. The first-order valence-corrected chi connectivity index (χ1v) is 7.57. The second kappa shape index (κ2) is 6.03. The maximum Gasteiger partial charge on any atom is 0.491 e. The summed E-state index contributed by atoms with van der Waals surface area (Å²) in [6.45, 7) is 10.7. The molecule has 0 amide bonds. The maximum absolute atomic E-state index is 11.3. The molecule has 0 unspecified atom stereocenters. The van der Waals surface area contributed by atoms with Crippen LogP contribution in [0.25, 0.3) is 6.08 Å². The van der Waals surface area contributed by atoms with Crippen LogP contribution < -0.4 is 10.9 Å². The van der Waals surface area contributed by atoms with Crippen LogP contribution in [0.15, 0.2) is 22.4 Å². The van der Waals surface area contributed by atoms with Crippen LogP contribution >= 0.6 is 0 Å². The molecule has 120 valence electrons. The predicted molar refractivity (Wildman–Crippen MR) is 89.8 cm³/mol. The molecule has 0 atom stereocenters. The van der Waals surface area contributed by atoms with E-state index < -0.39 is 7.12 Å². The zero-order valence-corrected chi connectivity index (χ0v) is 14.2. The number of pyridine rings is 1. The molecule has 6 heteroatoms. The number of H-pyrrole nitrogens is 1. The van der Waals surface area contributed by atoms with Crippen molar-refractivity contribution in [3.8, 4) is 0 Å². The molecule has 1 fully saturated rings. The fourth-order valence-corrected chi connectivity index (χ4v) is 2.35. The summed E-state index contributed by atoms with van der Waals surface area (Å²) < 4.78 is 12.2. The molecule has 1 aromatic heterocycles. The van der Waals surface area contributed by atoms with E-state index in [0.717, 1.165) is 16.7 Å². The first-order valence-electron chi connectivity index (χ1n) is 7.57. The first-order chi connectivity index (χ1) is 10.2. The number of rotatable bonds is 4. The lowest BCUT2D eigenvalue weighted by atomic mass is 9.77. The van der Waals surface area contributed by atoms with E-state index in [1.54, 1.807) is 0 Å². The minimum Gasteiger partial charge on any atom is -0.400 e. The van der Waals surface area contributed by atoms with Gasteiger partial charge in [-0.3, -0.25) is 4.79 Å². The molecule has 2 heterocycles. The van der Waals surface area contributed by atoms with E-state index in [0.29, 0.717) is 6.54 Å². The van der Waals surface area contributed by atoms with Gasteiger partial charge in [-0.15, -0.1) is 0 Å². The molecular formula is C16H25BN2O3. The van der Waals surface area contributed by atoms with Gasteiger partial charge in [-0.1, -0.05) is 6.08 Å². The molecule has 0 aliphatic carbocycles. The summed E-state index contributed by atoms with van der Waals surface area (Å²) in [7, 11) is 1.49. The lowest BCUT2D eigenvalue weighted by molar-refractivity contribution is 0.00578. The average Bonchev–Trinajstić information content (AvgIpc) is 2.61. The standard InChI is InChI=1S/C16H25BN2O3/c1-11-12(7-8-14(20)19-11)9-13(10-18-6)17-21-15(2,3)16(4,5)22-17/h7-9,18H,10H2,1-6H3,(H,19,20). The van der Waals surface area contributed by atoms with Crippen molar-refractivity contribution >= 4 is 13.2 Å². The highest BCUT2D eigenvalue weighted by Crippen LogP contribution is 2.38. The first kappa shape index (κ1) is 17.0. The van der Waals surface area contributed by atoms with Gasteiger partial charge in [-0.25, -0.2) is 0 Å². The average molecular weight is 304 g/mol. The molecule has 0 spiro atoms. The molecule has 2 rings (SSSR count). The molecule has 1 saturated heterocycles. The van der Waals surface area contributed by atoms with Crippen LogP contribution in [0.5, 0.6) is 0 Å². The van der Waals surface area contributed by atoms with Crippen molar-refractivity contribution in [1.29, 1.82) is 0 Å². The summed E-state index contributed by atoms with van der Waals surface area (Å²) in [5.74, 6) is 0. The quantitative estimate of drug-likeness (QED) is 0.834. The second-order valence-corrected chi connectivity index (χ2v) is 6.74. The molecule has 0 radical (unpaired) electrons. The number of aryl methyl sites for hydroxylation is 1. The Morgan fingerprint density at radius 1 is 1.27 bits per heavy atom. The Balaban J connectivity index is 2.35. The third-order valence-electron chi connectivity index (χ3n) is 4.44. The topological polar surface area (TPSA) is 63.4 Å². The third-order valence-corrected chi connectivity index (χ3v) is 4.44. The highest BCUT2D eigenvalue weighted by atomic mass is 16.7. The van der Waals surface area contributed by atoms with Gasteiger partial charge in [-0.2, -0.15) is 0 Å². The SMILES string of the molecule is CNCC(=Cc1ccc(=O)[nH]c1C)B1OC(C)(C)C(C)(C)O1. The van der Waals surface area contributed by atoms with Crippen LogP contribution in [0.2, 0.25) is 0 Å². The van der Waals surface area contributed by atoms with Crippen LogP contribution in [0, 0.1) is 6.92 Å².